The number of aliphatic hydroxyl groups is 6. The molecule has 6 saturated carbocycles. The Morgan fingerprint density at radius 1 is 0.650 bits per heavy atom. The third kappa shape index (κ3) is 12.3. The Bertz CT molecular complexity index is 1590. The molecule has 0 aromatic rings. The summed E-state index contributed by atoms with van der Waals surface area (Å²) in [5, 5.41) is 60.5. The molecule has 340 valence electrons. The number of hydrogen-bond acceptors (Lipinski definition) is 6. The lowest BCUT2D eigenvalue weighted by Gasteiger charge is -2.44. The molecule has 0 spiro atoms. The quantitative estimate of drug-likeness (QED) is 0.109. The SMILES string of the molecule is C=C1/C(=C\C=C2/CCC[C@@]3(C)C2CCC3[C@H](C)CCCC(C)(C)O)C[C@@H](O)C[C@@H]1O.C=C1[C@H](O)CC(=C/C=C2\CCC[C@@]3(C)C2CCC3[C@H](C)CCCC(C)(C)O)C[C@H]1O. The summed E-state index contributed by atoms with van der Waals surface area (Å²) in [5.74, 6) is 4.24. The van der Waals surface area contributed by atoms with Gasteiger partial charge in [-0.2, -0.15) is 0 Å². The van der Waals surface area contributed by atoms with Gasteiger partial charge in [0.05, 0.1) is 35.6 Å². The van der Waals surface area contributed by atoms with E-state index in [1.165, 1.54) is 77.0 Å². The Balaban J connectivity index is 0.000000228. The van der Waals surface area contributed by atoms with Crippen molar-refractivity contribution in [1.29, 1.82) is 0 Å². The van der Waals surface area contributed by atoms with Gasteiger partial charge < -0.3 is 30.6 Å². The summed E-state index contributed by atoms with van der Waals surface area (Å²) in [4.78, 5) is 0. The molecular formula is C54H88O6. The van der Waals surface area contributed by atoms with Gasteiger partial charge in [0.2, 0.25) is 0 Å². The van der Waals surface area contributed by atoms with E-state index in [4.69, 9.17) is 0 Å². The first-order valence-electron chi connectivity index (χ1n) is 24.4. The van der Waals surface area contributed by atoms with Crippen LogP contribution < -0.4 is 0 Å². The Hall–Kier alpha value is -1.80. The van der Waals surface area contributed by atoms with Crippen LogP contribution in [-0.4, -0.2) is 66.3 Å². The highest BCUT2D eigenvalue weighted by Gasteiger charge is 2.51. The van der Waals surface area contributed by atoms with E-state index in [0.717, 1.165) is 54.2 Å². The van der Waals surface area contributed by atoms with Crippen LogP contribution in [0.4, 0.5) is 0 Å². The zero-order valence-electron chi connectivity index (χ0n) is 39.3. The average Bonchev–Trinajstić information content (AvgIpc) is 3.70. The topological polar surface area (TPSA) is 121 Å². The average molecular weight is 833 g/mol. The molecule has 60 heavy (non-hydrogen) atoms. The van der Waals surface area contributed by atoms with Gasteiger partial charge in [-0.25, -0.2) is 0 Å². The van der Waals surface area contributed by atoms with Crippen LogP contribution in [0.5, 0.6) is 0 Å². The highest BCUT2D eigenvalue weighted by molar-refractivity contribution is 5.39. The molecule has 4 unspecified atom stereocenters. The van der Waals surface area contributed by atoms with E-state index in [-0.39, 0.29) is 0 Å². The molecule has 0 aliphatic heterocycles. The Labute approximate surface area is 366 Å². The predicted molar refractivity (Wildman–Crippen MR) is 248 cm³/mol. The van der Waals surface area contributed by atoms with E-state index in [1.807, 2.05) is 27.7 Å². The highest BCUT2D eigenvalue weighted by atomic mass is 16.3. The first-order chi connectivity index (χ1) is 28.0. The van der Waals surface area contributed by atoms with Gasteiger partial charge in [-0.15, -0.1) is 0 Å². The Morgan fingerprint density at radius 2 is 1.10 bits per heavy atom. The normalized spacial score (nSPS) is 38.1. The van der Waals surface area contributed by atoms with Gasteiger partial charge in [-0.3, -0.25) is 0 Å². The summed E-state index contributed by atoms with van der Waals surface area (Å²) in [7, 11) is 0. The van der Waals surface area contributed by atoms with E-state index in [1.54, 1.807) is 11.1 Å². The standard InChI is InChI=1S/2C27H44O3/c1-18(8-6-14-26(3,4)30)22-12-13-23-21(9-7-15-27(22,23)5)11-10-20-16-24(28)19(2)25(29)17-20;1-18(8-6-14-26(3,4)30)23-12-13-24-20(9-7-15-27(23,24)5)10-11-21-16-22(28)17-25(29)19(21)2/h2*10-11,18,22-25,28-30H,2,6-9,12-17H2,1,3-5H3/b21-11+;20-10+,21-11-/t18-,22?,23?,24-,25-,27-;18-,22-,23?,24?,25+,27-/m11/s1. The van der Waals surface area contributed by atoms with Crippen molar-refractivity contribution in [3.63, 3.8) is 0 Å². The Morgan fingerprint density at radius 3 is 1.55 bits per heavy atom. The van der Waals surface area contributed by atoms with Crippen molar-refractivity contribution < 1.29 is 30.6 Å². The third-order valence-electron chi connectivity index (χ3n) is 16.9. The first-order valence-corrected chi connectivity index (χ1v) is 24.4. The molecule has 6 N–H and O–H groups in total. The molecule has 0 heterocycles. The molecule has 6 aliphatic rings. The van der Waals surface area contributed by atoms with E-state index in [9.17, 15) is 30.6 Å². The van der Waals surface area contributed by atoms with Gasteiger partial charge in [0.1, 0.15) is 0 Å². The second kappa shape index (κ2) is 20.4. The molecule has 0 amide bonds. The zero-order chi connectivity index (χ0) is 44.2. The summed E-state index contributed by atoms with van der Waals surface area (Å²) in [5.41, 5.74) is 6.27. The molecule has 0 aromatic heterocycles. The molecular weight excluding hydrogens is 745 g/mol. The van der Waals surface area contributed by atoms with E-state index < -0.39 is 35.6 Å². The van der Waals surface area contributed by atoms with Gasteiger partial charge >= 0.3 is 0 Å². The van der Waals surface area contributed by atoms with Gasteiger partial charge in [-0.1, -0.05) is 108 Å². The van der Waals surface area contributed by atoms with Crippen LogP contribution in [0, 0.1) is 46.3 Å². The van der Waals surface area contributed by atoms with Crippen LogP contribution in [0.1, 0.15) is 184 Å². The third-order valence-corrected chi connectivity index (χ3v) is 16.9. The molecule has 6 rings (SSSR count). The van der Waals surface area contributed by atoms with Gasteiger partial charge in [-0.05, 0) is 187 Å². The van der Waals surface area contributed by atoms with Gasteiger partial charge in [0.15, 0.2) is 0 Å². The van der Waals surface area contributed by atoms with E-state index >= 15 is 0 Å². The van der Waals surface area contributed by atoms with Crippen molar-refractivity contribution in [1.82, 2.24) is 0 Å². The summed E-state index contributed by atoms with van der Waals surface area (Å²) < 4.78 is 0. The molecule has 6 heteroatoms. The van der Waals surface area contributed by atoms with Gasteiger partial charge in [0, 0.05) is 6.42 Å². The maximum atomic E-state index is 10.1. The minimum atomic E-state index is -0.615. The maximum absolute atomic E-state index is 10.1. The fourth-order valence-electron chi connectivity index (χ4n) is 13.4. The summed E-state index contributed by atoms with van der Waals surface area (Å²) in [6.45, 7) is 25.4. The highest BCUT2D eigenvalue weighted by Crippen LogP contribution is 2.61. The van der Waals surface area contributed by atoms with Crippen molar-refractivity contribution in [2.24, 2.45) is 46.3 Å². The molecule has 6 aliphatic carbocycles. The molecule has 6 nitrogen and oxygen atoms in total. The van der Waals surface area contributed by atoms with Crippen molar-refractivity contribution in [2.45, 2.75) is 219 Å². The summed E-state index contributed by atoms with van der Waals surface area (Å²) in [6, 6.07) is 0. The van der Waals surface area contributed by atoms with Crippen molar-refractivity contribution >= 4 is 0 Å². The van der Waals surface area contributed by atoms with Crippen molar-refractivity contribution in [3.8, 4) is 0 Å². The molecule has 12 atom stereocenters. The van der Waals surface area contributed by atoms with E-state index in [0.29, 0.717) is 65.8 Å². The van der Waals surface area contributed by atoms with Crippen LogP contribution in [0.25, 0.3) is 0 Å². The van der Waals surface area contributed by atoms with Crippen molar-refractivity contribution in [3.05, 3.63) is 70.9 Å². The minimum absolute atomic E-state index is 0.374. The second-order valence-electron chi connectivity index (χ2n) is 22.7. The molecule has 6 fully saturated rings. The van der Waals surface area contributed by atoms with Crippen LogP contribution in [0.3, 0.4) is 0 Å². The van der Waals surface area contributed by atoms with E-state index in [2.05, 4.69) is 65.2 Å². The zero-order valence-corrected chi connectivity index (χ0v) is 39.3. The lowest BCUT2D eigenvalue weighted by Crippen LogP contribution is -2.36. The predicted octanol–water partition coefficient (Wildman–Crippen LogP) is 11.4. The van der Waals surface area contributed by atoms with Crippen LogP contribution in [0.15, 0.2) is 70.9 Å². The van der Waals surface area contributed by atoms with Gasteiger partial charge in [0.25, 0.3) is 0 Å². The maximum Gasteiger partial charge on any atom is 0.0811 e. The molecule has 0 bridgehead atoms. The molecule has 0 radical (unpaired) electrons. The summed E-state index contributed by atoms with van der Waals surface area (Å²) >= 11 is 0. The van der Waals surface area contributed by atoms with Crippen LogP contribution in [-0.2, 0) is 0 Å². The smallest absolute Gasteiger partial charge is 0.0811 e. The number of aliphatic hydroxyl groups excluding tert-OH is 4. The number of hydrogen-bond donors (Lipinski definition) is 6. The number of allylic oxidation sites excluding steroid dienone is 6. The first kappa shape index (κ1) is 49.2. The second-order valence-corrected chi connectivity index (χ2v) is 22.7. The van der Waals surface area contributed by atoms with Crippen LogP contribution >= 0.6 is 0 Å². The largest absolute Gasteiger partial charge is 0.393 e. The monoisotopic (exact) mass is 833 g/mol. The lowest BCUT2D eigenvalue weighted by molar-refractivity contribution is 0.0590. The minimum Gasteiger partial charge on any atom is -0.393 e. The molecule has 0 saturated heterocycles. The number of rotatable bonds is 12. The van der Waals surface area contributed by atoms with Crippen LogP contribution in [0.2, 0.25) is 0 Å². The fraction of sp³-hybridized carbons (Fsp3) is 0.778. The molecule has 0 aromatic carbocycles. The summed E-state index contributed by atoms with van der Waals surface area (Å²) in [6.07, 6.45) is 27.9. The van der Waals surface area contributed by atoms with Crippen molar-refractivity contribution in [2.75, 3.05) is 0 Å². The number of fused-ring (bicyclic) bond motifs is 2. The lowest BCUT2D eigenvalue weighted by atomic mass is 9.60. The Kier molecular flexibility index (Phi) is 16.7. The fourth-order valence-corrected chi connectivity index (χ4v) is 13.4.